The maximum absolute atomic E-state index is 13.4. The van der Waals surface area contributed by atoms with Gasteiger partial charge >= 0.3 is 0 Å². The first-order chi connectivity index (χ1) is 12.4. The molecule has 0 aromatic carbocycles. The van der Waals surface area contributed by atoms with Crippen LogP contribution in [0.4, 0.5) is 0 Å². The third-order valence-corrected chi connectivity index (χ3v) is 5.46. The molecular weight excluding hydrogens is 334 g/mol. The lowest BCUT2D eigenvalue weighted by molar-refractivity contribution is -0.142. The minimum atomic E-state index is -0.385. The number of nitrogens with zero attached hydrogens (tertiary/aromatic N) is 5. The third-order valence-electron chi connectivity index (χ3n) is 5.46. The summed E-state index contributed by atoms with van der Waals surface area (Å²) in [5.74, 6) is 1.66. The van der Waals surface area contributed by atoms with Crippen molar-refractivity contribution in [3.63, 3.8) is 0 Å². The molecule has 0 saturated carbocycles. The zero-order chi connectivity index (χ0) is 18.4. The van der Waals surface area contributed by atoms with Gasteiger partial charge in [-0.3, -0.25) is 4.79 Å². The van der Waals surface area contributed by atoms with Crippen LogP contribution in [0.1, 0.15) is 57.7 Å². The zero-order valence-electron chi connectivity index (χ0n) is 15.5. The summed E-state index contributed by atoms with van der Waals surface area (Å²) in [5.41, 5.74) is -0.645. The Morgan fingerprint density at radius 1 is 1.31 bits per heavy atom. The lowest BCUT2D eigenvalue weighted by Gasteiger charge is -2.31. The second-order valence-corrected chi connectivity index (χ2v) is 8.24. The van der Waals surface area contributed by atoms with E-state index in [1.807, 2.05) is 21.7 Å². The summed E-state index contributed by atoms with van der Waals surface area (Å²) in [6.07, 6.45) is 3.84. The van der Waals surface area contributed by atoms with Crippen LogP contribution in [0.3, 0.4) is 0 Å². The number of hydrogen-bond donors (Lipinski definition) is 0. The SMILES string of the molecule is CC(C)(C)n1nnnc1C1CC2(CCOCC2)C(=O)N1Cc1ccco1. The number of tetrazole rings is 1. The van der Waals surface area contributed by atoms with Gasteiger partial charge in [-0.2, -0.15) is 0 Å². The number of rotatable bonds is 3. The van der Waals surface area contributed by atoms with Crippen LogP contribution in [0.25, 0.3) is 0 Å². The van der Waals surface area contributed by atoms with E-state index >= 15 is 0 Å². The Labute approximate surface area is 152 Å². The molecule has 2 fully saturated rings. The molecular formula is C18H25N5O3. The van der Waals surface area contributed by atoms with Crippen LogP contribution in [-0.2, 0) is 21.6 Å². The van der Waals surface area contributed by atoms with E-state index in [1.54, 1.807) is 6.26 Å². The summed E-state index contributed by atoms with van der Waals surface area (Å²) >= 11 is 0. The maximum Gasteiger partial charge on any atom is 0.230 e. The topological polar surface area (TPSA) is 86.3 Å². The lowest BCUT2D eigenvalue weighted by atomic mass is 9.77. The molecule has 2 aliphatic heterocycles. The van der Waals surface area contributed by atoms with E-state index < -0.39 is 0 Å². The number of likely N-dealkylation sites (tertiary alicyclic amines) is 1. The maximum atomic E-state index is 13.4. The van der Waals surface area contributed by atoms with Gasteiger partial charge in [-0.15, -0.1) is 5.10 Å². The summed E-state index contributed by atoms with van der Waals surface area (Å²) < 4.78 is 12.9. The van der Waals surface area contributed by atoms with Crippen molar-refractivity contribution < 1.29 is 13.9 Å². The van der Waals surface area contributed by atoms with Gasteiger partial charge in [0.05, 0.1) is 29.8 Å². The highest BCUT2D eigenvalue weighted by molar-refractivity contribution is 5.85. The summed E-state index contributed by atoms with van der Waals surface area (Å²) in [7, 11) is 0. The van der Waals surface area contributed by atoms with E-state index in [1.165, 1.54) is 0 Å². The van der Waals surface area contributed by atoms with Gasteiger partial charge in [0.15, 0.2) is 5.82 Å². The van der Waals surface area contributed by atoms with E-state index in [0.29, 0.717) is 26.2 Å². The fourth-order valence-corrected chi connectivity index (χ4v) is 4.06. The van der Waals surface area contributed by atoms with Gasteiger partial charge in [-0.1, -0.05) is 0 Å². The molecule has 0 radical (unpaired) electrons. The zero-order valence-corrected chi connectivity index (χ0v) is 15.5. The fourth-order valence-electron chi connectivity index (χ4n) is 4.06. The molecule has 2 aliphatic rings. The fraction of sp³-hybridized carbons (Fsp3) is 0.667. The Balaban J connectivity index is 1.73. The second-order valence-electron chi connectivity index (χ2n) is 8.24. The Morgan fingerprint density at radius 3 is 2.73 bits per heavy atom. The van der Waals surface area contributed by atoms with Crippen molar-refractivity contribution in [1.82, 2.24) is 25.1 Å². The van der Waals surface area contributed by atoms with Crippen molar-refractivity contribution in [2.75, 3.05) is 13.2 Å². The summed E-state index contributed by atoms with van der Waals surface area (Å²) in [6, 6.07) is 3.57. The minimum Gasteiger partial charge on any atom is -0.467 e. The summed E-state index contributed by atoms with van der Waals surface area (Å²) in [6.45, 7) is 7.85. The van der Waals surface area contributed by atoms with Crippen LogP contribution < -0.4 is 0 Å². The molecule has 140 valence electrons. The monoisotopic (exact) mass is 359 g/mol. The molecule has 2 aromatic rings. The van der Waals surface area contributed by atoms with Gasteiger partial charge in [0, 0.05) is 13.2 Å². The second kappa shape index (κ2) is 6.19. The molecule has 0 aliphatic carbocycles. The largest absolute Gasteiger partial charge is 0.467 e. The van der Waals surface area contributed by atoms with Crippen LogP contribution in [0, 0.1) is 5.41 Å². The quantitative estimate of drug-likeness (QED) is 0.836. The standard InChI is InChI=1S/C18H25N5O3/c1-17(2,3)23-15(19-20-21-23)14-11-18(6-9-25-10-7-18)16(24)22(14)12-13-5-4-8-26-13/h4-5,8,14H,6-7,9-12H2,1-3H3. The van der Waals surface area contributed by atoms with E-state index in [9.17, 15) is 4.79 Å². The molecule has 2 aromatic heterocycles. The molecule has 1 amide bonds. The Kier molecular flexibility index (Phi) is 4.10. The van der Waals surface area contributed by atoms with Crippen molar-refractivity contribution in [1.29, 1.82) is 0 Å². The predicted molar refractivity (Wildman–Crippen MR) is 91.9 cm³/mol. The van der Waals surface area contributed by atoms with Crippen molar-refractivity contribution in [3.05, 3.63) is 30.0 Å². The minimum absolute atomic E-state index is 0.158. The van der Waals surface area contributed by atoms with Gasteiger partial charge < -0.3 is 14.1 Å². The van der Waals surface area contributed by atoms with E-state index in [-0.39, 0.29) is 22.9 Å². The first-order valence-electron chi connectivity index (χ1n) is 9.11. The number of hydrogen-bond acceptors (Lipinski definition) is 6. The van der Waals surface area contributed by atoms with Crippen molar-refractivity contribution in [2.24, 2.45) is 5.41 Å². The summed E-state index contributed by atoms with van der Waals surface area (Å²) in [4.78, 5) is 15.3. The van der Waals surface area contributed by atoms with Crippen LogP contribution in [0.5, 0.6) is 0 Å². The van der Waals surface area contributed by atoms with Crippen molar-refractivity contribution >= 4 is 5.91 Å². The average molecular weight is 359 g/mol. The number of carbonyl (C=O) groups is 1. The summed E-state index contributed by atoms with van der Waals surface area (Å²) in [5, 5.41) is 12.4. The number of furan rings is 1. The molecule has 1 unspecified atom stereocenters. The first-order valence-corrected chi connectivity index (χ1v) is 9.11. The van der Waals surface area contributed by atoms with Crippen molar-refractivity contribution in [2.45, 2.75) is 58.2 Å². The highest BCUT2D eigenvalue weighted by atomic mass is 16.5. The Bertz CT molecular complexity index is 771. The average Bonchev–Trinajstić information content (AvgIpc) is 3.32. The third kappa shape index (κ3) is 2.82. The van der Waals surface area contributed by atoms with Crippen molar-refractivity contribution in [3.8, 4) is 0 Å². The number of carbonyl (C=O) groups excluding carboxylic acids is 1. The van der Waals surface area contributed by atoms with Crippen LogP contribution in [-0.4, -0.2) is 44.2 Å². The highest BCUT2D eigenvalue weighted by Gasteiger charge is 2.54. The number of amides is 1. The molecule has 1 spiro atoms. The van der Waals surface area contributed by atoms with Gasteiger partial charge in [0.1, 0.15) is 5.76 Å². The normalized spacial score (nSPS) is 23.1. The lowest BCUT2D eigenvalue weighted by Crippen LogP contribution is -2.39. The predicted octanol–water partition coefficient (Wildman–Crippen LogP) is 2.29. The molecule has 4 rings (SSSR count). The van der Waals surface area contributed by atoms with E-state index in [4.69, 9.17) is 9.15 Å². The van der Waals surface area contributed by atoms with Gasteiger partial charge in [0.2, 0.25) is 5.91 Å². The number of ether oxygens (including phenoxy) is 1. The molecule has 4 heterocycles. The Hall–Kier alpha value is -2.22. The first kappa shape index (κ1) is 17.2. The van der Waals surface area contributed by atoms with E-state index in [2.05, 4.69) is 36.3 Å². The molecule has 8 nitrogen and oxygen atoms in total. The van der Waals surface area contributed by atoms with Crippen LogP contribution >= 0.6 is 0 Å². The van der Waals surface area contributed by atoms with Gasteiger partial charge in [-0.05, 0) is 62.6 Å². The van der Waals surface area contributed by atoms with E-state index in [0.717, 1.165) is 24.4 Å². The van der Waals surface area contributed by atoms with Crippen LogP contribution in [0.2, 0.25) is 0 Å². The Morgan fingerprint density at radius 2 is 2.08 bits per heavy atom. The van der Waals surface area contributed by atoms with Gasteiger partial charge in [-0.25, -0.2) is 4.68 Å². The number of aromatic nitrogens is 4. The van der Waals surface area contributed by atoms with Crippen LogP contribution in [0.15, 0.2) is 22.8 Å². The highest BCUT2D eigenvalue weighted by Crippen LogP contribution is 2.50. The molecule has 0 N–H and O–H groups in total. The molecule has 0 bridgehead atoms. The molecule has 2 saturated heterocycles. The molecule has 1 atom stereocenters. The molecule has 26 heavy (non-hydrogen) atoms. The smallest absolute Gasteiger partial charge is 0.230 e. The molecule has 8 heteroatoms. The van der Waals surface area contributed by atoms with Gasteiger partial charge in [0.25, 0.3) is 0 Å².